The summed E-state index contributed by atoms with van der Waals surface area (Å²) < 4.78 is 0. The van der Waals surface area contributed by atoms with Gasteiger partial charge in [0.25, 0.3) is 0 Å². The predicted octanol–water partition coefficient (Wildman–Crippen LogP) is -0.655. The van der Waals surface area contributed by atoms with Gasteiger partial charge in [0.2, 0.25) is 5.91 Å². The Balaban J connectivity index is 0.00000147. The molecule has 1 amide bonds. The normalized spacial score (nSPS) is 18.6. The number of hydrogen-bond donors (Lipinski definition) is 0. The van der Waals surface area contributed by atoms with E-state index in [1.165, 1.54) is 0 Å². The van der Waals surface area contributed by atoms with Crippen molar-refractivity contribution in [1.82, 2.24) is 14.9 Å². The van der Waals surface area contributed by atoms with Gasteiger partial charge in [0.05, 0.1) is 0 Å². The van der Waals surface area contributed by atoms with Gasteiger partial charge in [0.1, 0.15) is 0 Å². The summed E-state index contributed by atoms with van der Waals surface area (Å²) in [5.74, 6) is 0.815. The quantitative estimate of drug-likeness (QED) is 0.698. The van der Waals surface area contributed by atoms with Crippen LogP contribution in [-0.4, -0.2) is 22.3 Å². The Morgan fingerprint density at radius 3 is 3.10 bits per heavy atom. The van der Waals surface area contributed by atoms with Crippen LogP contribution in [0.1, 0.15) is 31.7 Å². The molecule has 0 N–H and O–H groups in total. The Kier molecular flexibility index (Phi) is 6.19. The minimum Gasteiger partial charge on any atom is -0.442 e. The number of fused-ring (bicyclic) bond motifs is 1. The molecule has 100 valence electrons. The molecule has 1 atom stereocenters. The van der Waals surface area contributed by atoms with Gasteiger partial charge in [-0.3, -0.25) is 4.79 Å². The third-order valence-electron chi connectivity index (χ3n) is 3.85. The Hall–Kier alpha value is 0.212. The molecule has 0 saturated carbocycles. The average Bonchev–Trinajstić information content (AvgIpc) is 2.98. The molecule has 3 heterocycles. The third kappa shape index (κ3) is 3.51. The summed E-state index contributed by atoms with van der Waals surface area (Å²) in [7, 11) is 0. The van der Waals surface area contributed by atoms with E-state index in [2.05, 4.69) is 16.9 Å². The average molecular weight is 389 g/mol. The number of nitrogens with zero attached hydrogens (tertiary/aromatic N) is 3. The molecule has 1 unspecified atom stereocenters. The number of hydrogen-bond acceptors (Lipinski definition) is 2. The summed E-state index contributed by atoms with van der Waals surface area (Å²) >= 11 is 0. The number of likely N-dealkylation sites (tertiary alicyclic amines) is 1. The molecule has 0 spiro atoms. The van der Waals surface area contributed by atoms with Crippen molar-refractivity contribution in [2.24, 2.45) is 5.92 Å². The molecular formula is C15H18CsN3O. The SMILES string of the molecule is CCCC1CC(=O)N(Cc2ccnc3[n-]ccc23)C1.[Cs+]. The van der Waals surface area contributed by atoms with Crippen LogP contribution in [0.15, 0.2) is 24.5 Å². The minimum absolute atomic E-state index is 0. The van der Waals surface area contributed by atoms with Crippen molar-refractivity contribution in [1.29, 1.82) is 0 Å². The summed E-state index contributed by atoms with van der Waals surface area (Å²) in [6.07, 6.45) is 6.55. The maximum Gasteiger partial charge on any atom is 1.00 e. The molecule has 1 saturated heterocycles. The van der Waals surface area contributed by atoms with Crippen LogP contribution in [0.4, 0.5) is 0 Å². The van der Waals surface area contributed by atoms with Gasteiger partial charge in [-0.05, 0) is 23.3 Å². The van der Waals surface area contributed by atoms with Gasteiger partial charge in [-0.25, -0.2) is 0 Å². The number of pyridine rings is 1. The Bertz CT molecular complexity index is 596. The standard InChI is InChI=1S/C15H18N3O.Cs/c1-2-3-11-8-14(19)18(9-11)10-12-4-6-16-15-13(12)5-7-17-15;/h4-7,11H,2-3,8-10H2,1H3;/q-1;+1. The fourth-order valence-corrected chi connectivity index (χ4v) is 2.92. The van der Waals surface area contributed by atoms with Crippen molar-refractivity contribution in [2.75, 3.05) is 6.54 Å². The zero-order valence-corrected chi connectivity index (χ0v) is 18.5. The van der Waals surface area contributed by atoms with Gasteiger partial charge >= 0.3 is 68.9 Å². The maximum absolute atomic E-state index is 12.0. The van der Waals surface area contributed by atoms with Gasteiger partial charge in [0, 0.05) is 19.5 Å². The first-order valence-electron chi connectivity index (χ1n) is 6.91. The van der Waals surface area contributed by atoms with Gasteiger partial charge in [-0.1, -0.05) is 43.5 Å². The molecule has 5 heteroatoms. The van der Waals surface area contributed by atoms with Crippen molar-refractivity contribution < 1.29 is 73.7 Å². The monoisotopic (exact) mass is 389 g/mol. The van der Waals surface area contributed by atoms with E-state index in [0.29, 0.717) is 18.9 Å². The van der Waals surface area contributed by atoms with Crippen molar-refractivity contribution in [3.8, 4) is 0 Å². The van der Waals surface area contributed by atoms with Crippen LogP contribution in [0.3, 0.4) is 0 Å². The number of carbonyl (C=O) groups excluding carboxylic acids is 1. The minimum atomic E-state index is 0. The van der Waals surface area contributed by atoms with Gasteiger partial charge < -0.3 is 14.9 Å². The Morgan fingerprint density at radius 2 is 2.30 bits per heavy atom. The molecule has 20 heavy (non-hydrogen) atoms. The van der Waals surface area contributed by atoms with Crippen molar-refractivity contribution in [3.05, 3.63) is 30.1 Å². The van der Waals surface area contributed by atoms with E-state index in [1.54, 1.807) is 12.4 Å². The van der Waals surface area contributed by atoms with E-state index >= 15 is 0 Å². The first-order valence-corrected chi connectivity index (χ1v) is 6.91. The number of carbonyl (C=O) groups is 1. The molecule has 0 aromatic carbocycles. The van der Waals surface area contributed by atoms with Crippen LogP contribution in [0.2, 0.25) is 0 Å². The van der Waals surface area contributed by atoms with Crippen LogP contribution >= 0.6 is 0 Å². The maximum atomic E-state index is 12.0. The van der Waals surface area contributed by atoms with E-state index < -0.39 is 0 Å². The van der Waals surface area contributed by atoms with E-state index in [1.807, 2.05) is 17.0 Å². The largest absolute Gasteiger partial charge is 1.00 e. The van der Waals surface area contributed by atoms with E-state index in [-0.39, 0.29) is 74.8 Å². The molecular weight excluding hydrogens is 371 g/mol. The Labute approximate surface area is 178 Å². The molecule has 1 aliphatic rings. The molecule has 0 aliphatic carbocycles. The zero-order chi connectivity index (χ0) is 13.2. The van der Waals surface area contributed by atoms with Crippen LogP contribution in [0, 0.1) is 5.92 Å². The second-order valence-electron chi connectivity index (χ2n) is 5.29. The van der Waals surface area contributed by atoms with E-state index in [0.717, 1.165) is 36.0 Å². The van der Waals surface area contributed by atoms with E-state index in [9.17, 15) is 4.79 Å². The molecule has 2 aromatic heterocycles. The summed E-state index contributed by atoms with van der Waals surface area (Å²) in [6.45, 7) is 3.75. The second-order valence-corrected chi connectivity index (χ2v) is 5.29. The molecule has 4 nitrogen and oxygen atoms in total. The topological polar surface area (TPSA) is 47.3 Å². The first-order chi connectivity index (χ1) is 9.28. The molecule has 0 bridgehead atoms. The number of aromatic nitrogens is 2. The molecule has 1 fully saturated rings. The predicted molar refractivity (Wildman–Crippen MR) is 73.5 cm³/mol. The number of rotatable bonds is 4. The zero-order valence-electron chi connectivity index (χ0n) is 12.2. The summed E-state index contributed by atoms with van der Waals surface area (Å²) in [5.41, 5.74) is 1.92. The molecule has 3 rings (SSSR count). The van der Waals surface area contributed by atoms with Crippen molar-refractivity contribution >= 4 is 16.9 Å². The smallest absolute Gasteiger partial charge is 0.442 e. The van der Waals surface area contributed by atoms with Crippen LogP contribution in [0.5, 0.6) is 0 Å². The van der Waals surface area contributed by atoms with Gasteiger partial charge in [0.15, 0.2) is 0 Å². The van der Waals surface area contributed by atoms with Gasteiger partial charge in [-0.15, -0.1) is 0 Å². The van der Waals surface area contributed by atoms with E-state index in [4.69, 9.17) is 0 Å². The van der Waals surface area contributed by atoms with Crippen molar-refractivity contribution in [2.45, 2.75) is 32.7 Å². The molecule has 1 aliphatic heterocycles. The fraction of sp³-hybridized carbons (Fsp3) is 0.467. The summed E-state index contributed by atoms with van der Waals surface area (Å²) in [5, 5.41) is 1.06. The van der Waals surface area contributed by atoms with Crippen molar-refractivity contribution in [3.63, 3.8) is 0 Å². The van der Waals surface area contributed by atoms with Gasteiger partial charge in [-0.2, -0.15) is 0 Å². The third-order valence-corrected chi connectivity index (χ3v) is 3.85. The van der Waals surface area contributed by atoms with Crippen LogP contribution < -0.4 is 73.9 Å². The van der Waals surface area contributed by atoms with Crippen LogP contribution in [0.25, 0.3) is 11.0 Å². The second kappa shape index (κ2) is 7.47. The van der Waals surface area contributed by atoms with Crippen LogP contribution in [-0.2, 0) is 11.3 Å². The first kappa shape index (κ1) is 16.6. The fourth-order valence-electron chi connectivity index (χ4n) is 2.92. The molecule has 2 aromatic rings. The molecule has 0 radical (unpaired) electrons. The summed E-state index contributed by atoms with van der Waals surface area (Å²) in [6, 6.07) is 3.96. The Morgan fingerprint density at radius 1 is 1.45 bits per heavy atom. The number of amides is 1. The summed E-state index contributed by atoms with van der Waals surface area (Å²) in [4.78, 5) is 22.4.